The number of nitrogens with zero attached hydrogens (tertiary/aromatic N) is 1. The van der Waals surface area contributed by atoms with Gasteiger partial charge in [-0.1, -0.05) is 52.0 Å². The summed E-state index contributed by atoms with van der Waals surface area (Å²) < 4.78 is 39.3. The van der Waals surface area contributed by atoms with Crippen LogP contribution in [0.5, 0.6) is 11.5 Å². The first-order valence-corrected chi connectivity index (χ1v) is 13.6. The molecule has 194 valence electrons. The van der Waals surface area contributed by atoms with Crippen molar-refractivity contribution >= 4 is 21.8 Å². The minimum atomic E-state index is -3.77. The van der Waals surface area contributed by atoms with E-state index in [-0.39, 0.29) is 42.5 Å². The van der Waals surface area contributed by atoms with Crippen LogP contribution in [0.4, 0.5) is 10.5 Å². The van der Waals surface area contributed by atoms with Crippen LogP contribution in [0.25, 0.3) is 0 Å². The molecule has 1 aromatic heterocycles. The van der Waals surface area contributed by atoms with Gasteiger partial charge in [0, 0.05) is 12.2 Å². The molecule has 0 unspecified atom stereocenters. The van der Waals surface area contributed by atoms with Gasteiger partial charge in [0.2, 0.25) is 0 Å². The molecule has 1 heterocycles. The summed E-state index contributed by atoms with van der Waals surface area (Å²) in [5.74, 6) is 1.39. The molecule has 0 bridgehead atoms. The van der Waals surface area contributed by atoms with E-state index in [0.29, 0.717) is 11.3 Å². The average molecular weight is 515 g/mol. The first kappa shape index (κ1) is 27.1. The summed E-state index contributed by atoms with van der Waals surface area (Å²) in [6.07, 6.45) is 2.52. The monoisotopic (exact) mass is 514 g/mol. The van der Waals surface area contributed by atoms with Gasteiger partial charge in [-0.15, -0.1) is 0 Å². The molecule has 0 spiro atoms. The van der Waals surface area contributed by atoms with Crippen molar-refractivity contribution in [1.29, 1.82) is 0 Å². The van der Waals surface area contributed by atoms with Crippen molar-refractivity contribution in [2.75, 3.05) is 18.7 Å². The number of carbonyl (C=O) groups excluding carboxylic acids is 1. The molecule has 8 nitrogen and oxygen atoms in total. The van der Waals surface area contributed by atoms with Crippen LogP contribution in [0.3, 0.4) is 0 Å². The smallest absolute Gasteiger partial charge is 0.322 e. The lowest BCUT2D eigenvalue weighted by molar-refractivity contribution is 0.201. The fourth-order valence-corrected chi connectivity index (χ4v) is 4.40. The number of methoxy groups -OCH3 is 1. The standard InChI is InChI=1S/C27H34N2O6S/c1-18(2)22-10-7-11-23(19(3)4)26(22)28-27(30)29(17-21-9-8-14-34-21)16-20-12-13-24(33-5)25(15-20)35-36(6,31)32/h7-15,18-19H,16-17H2,1-6H3,(H,28,30). The summed E-state index contributed by atoms with van der Waals surface area (Å²) in [4.78, 5) is 15.3. The van der Waals surface area contributed by atoms with Crippen LogP contribution in [0.2, 0.25) is 0 Å². The highest BCUT2D eigenvalue weighted by atomic mass is 32.2. The molecule has 36 heavy (non-hydrogen) atoms. The van der Waals surface area contributed by atoms with Crippen LogP contribution in [-0.4, -0.2) is 32.7 Å². The zero-order valence-electron chi connectivity index (χ0n) is 21.6. The number of benzene rings is 2. The molecular weight excluding hydrogens is 480 g/mol. The molecule has 0 aliphatic rings. The predicted molar refractivity (Wildman–Crippen MR) is 140 cm³/mol. The first-order chi connectivity index (χ1) is 17.0. The Hall–Kier alpha value is -3.46. The van der Waals surface area contributed by atoms with Gasteiger partial charge in [0.05, 0.1) is 26.2 Å². The Morgan fingerprint density at radius 2 is 1.64 bits per heavy atom. The van der Waals surface area contributed by atoms with E-state index >= 15 is 0 Å². The fraction of sp³-hybridized carbons (Fsp3) is 0.370. The topological polar surface area (TPSA) is 98.1 Å². The Balaban J connectivity index is 1.96. The summed E-state index contributed by atoms with van der Waals surface area (Å²) in [6.45, 7) is 8.77. The number of anilines is 1. The van der Waals surface area contributed by atoms with Crippen LogP contribution in [0, 0.1) is 0 Å². The van der Waals surface area contributed by atoms with E-state index < -0.39 is 10.1 Å². The van der Waals surface area contributed by atoms with Gasteiger partial charge >= 0.3 is 16.1 Å². The Morgan fingerprint density at radius 1 is 0.972 bits per heavy atom. The van der Waals surface area contributed by atoms with Crippen molar-refractivity contribution in [1.82, 2.24) is 4.90 Å². The van der Waals surface area contributed by atoms with Gasteiger partial charge in [0.25, 0.3) is 0 Å². The molecule has 0 aliphatic carbocycles. The average Bonchev–Trinajstić information content (AvgIpc) is 3.30. The van der Waals surface area contributed by atoms with Crippen LogP contribution in [-0.2, 0) is 23.2 Å². The number of rotatable bonds is 10. The molecule has 3 aromatic rings. The number of hydrogen-bond donors (Lipinski definition) is 1. The van der Waals surface area contributed by atoms with Crippen molar-refractivity contribution in [3.63, 3.8) is 0 Å². The van der Waals surface area contributed by atoms with E-state index in [4.69, 9.17) is 13.3 Å². The van der Waals surface area contributed by atoms with Gasteiger partial charge in [-0.25, -0.2) is 4.79 Å². The SMILES string of the molecule is COc1ccc(CN(Cc2ccco2)C(=O)Nc2c(C(C)C)cccc2C(C)C)cc1OS(C)(=O)=O. The van der Waals surface area contributed by atoms with Crippen LogP contribution in [0.15, 0.2) is 59.2 Å². The third-order valence-corrected chi connectivity index (χ3v) is 6.14. The Kier molecular flexibility index (Phi) is 8.68. The lowest BCUT2D eigenvalue weighted by Crippen LogP contribution is -2.34. The van der Waals surface area contributed by atoms with Crippen LogP contribution in [0.1, 0.15) is 62.0 Å². The third kappa shape index (κ3) is 7.04. The lowest BCUT2D eigenvalue weighted by atomic mass is 9.93. The zero-order chi connectivity index (χ0) is 26.5. The van der Waals surface area contributed by atoms with Crippen LogP contribution >= 0.6 is 0 Å². The number of carbonyl (C=O) groups is 1. The predicted octanol–water partition coefficient (Wildman–Crippen LogP) is 6.11. The van der Waals surface area contributed by atoms with Gasteiger partial charge in [-0.3, -0.25) is 0 Å². The molecule has 0 fully saturated rings. The Labute approximate surface area is 213 Å². The third-order valence-electron chi connectivity index (χ3n) is 5.66. The van der Waals surface area contributed by atoms with Crippen molar-refractivity contribution in [3.05, 3.63) is 77.2 Å². The minimum absolute atomic E-state index is 0.0584. The minimum Gasteiger partial charge on any atom is -0.493 e. The maximum atomic E-state index is 13.7. The van der Waals surface area contributed by atoms with Gasteiger partial charge in [-0.05, 0) is 52.8 Å². The molecule has 9 heteroatoms. The van der Waals surface area contributed by atoms with Crippen molar-refractivity contribution in [3.8, 4) is 11.5 Å². The summed E-state index contributed by atoms with van der Waals surface area (Å²) in [5.41, 5.74) is 3.59. The number of hydrogen-bond acceptors (Lipinski definition) is 6. The number of ether oxygens (including phenoxy) is 1. The first-order valence-electron chi connectivity index (χ1n) is 11.8. The van der Waals surface area contributed by atoms with Gasteiger partial charge < -0.3 is 23.6 Å². The molecular formula is C27H34N2O6S. The largest absolute Gasteiger partial charge is 0.493 e. The van der Waals surface area contributed by atoms with E-state index in [1.165, 1.54) is 7.11 Å². The summed E-state index contributed by atoms with van der Waals surface area (Å²) >= 11 is 0. The molecule has 1 N–H and O–H groups in total. The van der Waals surface area contributed by atoms with E-state index in [9.17, 15) is 13.2 Å². The van der Waals surface area contributed by atoms with Crippen molar-refractivity contribution < 1.29 is 26.5 Å². The number of nitrogens with one attached hydrogen (secondary N) is 1. The maximum Gasteiger partial charge on any atom is 0.322 e. The van der Waals surface area contributed by atoms with E-state index in [2.05, 4.69) is 33.0 Å². The molecule has 0 aliphatic heterocycles. The zero-order valence-corrected chi connectivity index (χ0v) is 22.4. The summed E-state index contributed by atoms with van der Waals surface area (Å²) in [7, 11) is -2.34. The number of amides is 2. The van der Waals surface area contributed by atoms with E-state index in [1.54, 1.807) is 41.5 Å². The summed E-state index contributed by atoms with van der Waals surface area (Å²) in [5, 5.41) is 3.14. The molecule has 0 radical (unpaired) electrons. The molecule has 0 saturated carbocycles. The Morgan fingerprint density at radius 3 is 2.17 bits per heavy atom. The highest BCUT2D eigenvalue weighted by molar-refractivity contribution is 7.86. The maximum absolute atomic E-state index is 13.7. The lowest BCUT2D eigenvalue weighted by Gasteiger charge is -2.26. The van der Waals surface area contributed by atoms with Crippen LogP contribution < -0.4 is 14.2 Å². The van der Waals surface area contributed by atoms with Crippen molar-refractivity contribution in [2.45, 2.75) is 52.6 Å². The number of urea groups is 1. The van der Waals surface area contributed by atoms with Crippen molar-refractivity contribution in [2.24, 2.45) is 0 Å². The molecule has 3 rings (SSSR count). The number of para-hydroxylation sites is 1. The van der Waals surface area contributed by atoms with Gasteiger partial charge in [0.15, 0.2) is 11.5 Å². The Bertz CT molecular complexity index is 1260. The summed E-state index contributed by atoms with van der Waals surface area (Å²) in [6, 6.07) is 14.3. The highest BCUT2D eigenvalue weighted by Crippen LogP contribution is 2.33. The molecule has 2 amide bonds. The normalized spacial score (nSPS) is 11.6. The second-order valence-corrected chi connectivity index (χ2v) is 10.8. The molecule has 0 saturated heterocycles. The number of furan rings is 1. The fourth-order valence-electron chi connectivity index (χ4n) is 3.94. The second-order valence-electron chi connectivity index (χ2n) is 9.26. The molecule has 0 atom stereocenters. The quantitative estimate of drug-likeness (QED) is 0.328. The highest BCUT2D eigenvalue weighted by Gasteiger charge is 2.22. The van der Waals surface area contributed by atoms with E-state index in [0.717, 1.165) is 23.1 Å². The van der Waals surface area contributed by atoms with Gasteiger partial charge in [0.1, 0.15) is 5.76 Å². The molecule has 2 aromatic carbocycles. The second kappa shape index (κ2) is 11.5. The van der Waals surface area contributed by atoms with Gasteiger partial charge in [-0.2, -0.15) is 8.42 Å². The van der Waals surface area contributed by atoms with E-state index in [1.807, 2.05) is 18.2 Å².